The molecule has 1 aliphatic heterocycles. The van der Waals surface area contributed by atoms with Crippen molar-refractivity contribution in [2.75, 3.05) is 19.9 Å². The van der Waals surface area contributed by atoms with E-state index in [1.54, 1.807) is 0 Å². The minimum Gasteiger partial charge on any atom is -0.352 e. The summed E-state index contributed by atoms with van der Waals surface area (Å²) in [6.07, 6.45) is 21.4. The first kappa shape index (κ1) is 24.0. The summed E-state index contributed by atoms with van der Waals surface area (Å²) in [5, 5.41) is 0. The third kappa shape index (κ3) is 6.69. The Bertz CT molecular complexity index is 479. The average Bonchev–Trinajstić information content (AvgIpc) is 2.85. The molecule has 0 N–H and O–H groups in total. The molecule has 180 valence electrons. The minimum absolute atomic E-state index is 0.0601. The summed E-state index contributed by atoms with van der Waals surface area (Å²) in [4.78, 5) is 0. The maximum Gasteiger partial charge on any atom is 0.160 e. The highest BCUT2D eigenvalue weighted by Crippen LogP contribution is 2.44. The first-order chi connectivity index (χ1) is 15.3. The lowest BCUT2D eigenvalue weighted by atomic mass is 9.69. The minimum atomic E-state index is -0.1000. The van der Waals surface area contributed by atoms with Gasteiger partial charge < -0.3 is 9.47 Å². The molecule has 0 unspecified atom stereocenters. The standard InChI is InChI=1S/C28H49FO2/c1-2-3-4-5-21-6-10-25(11-7-21)27-19-30-28(31-20-27)26-16-14-24(15-17-26)23-12-8-22(18-29)9-13-23/h21-28H,2-20H2,1H3. The van der Waals surface area contributed by atoms with Crippen molar-refractivity contribution in [1.29, 1.82) is 0 Å². The second kappa shape index (κ2) is 12.4. The molecule has 3 saturated carbocycles. The normalized spacial score (nSPS) is 42.4. The number of ether oxygens (including phenoxy) is 2. The van der Waals surface area contributed by atoms with Crippen LogP contribution in [0.15, 0.2) is 0 Å². The lowest BCUT2D eigenvalue weighted by molar-refractivity contribution is -0.237. The molecule has 1 heterocycles. The van der Waals surface area contributed by atoms with Gasteiger partial charge in [-0.3, -0.25) is 4.39 Å². The molecule has 0 atom stereocenters. The smallest absolute Gasteiger partial charge is 0.160 e. The number of halogens is 1. The molecule has 4 fully saturated rings. The summed E-state index contributed by atoms with van der Waals surface area (Å²) < 4.78 is 25.6. The van der Waals surface area contributed by atoms with Crippen LogP contribution >= 0.6 is 0 Å². The molecule has 0 aromatic carbocycles. The van der Waals surface area contributed by atoms with Crippen molar-refractivity contribution in [1.82, 2.24) is 0 Å². The van der Waals surface area contributed by atoms with Gasteiger partial charge in [0.25, 0.3) is 0 Å². The summed E-state index contributed by atoms with van der Waals surface area (Å²) in [7, 11) is 0. The number of rotatable bonds is 8. The molecule has 0 spiro atoms. The fourth-order valence-corrected chi connectivity index (χ4v) is 7.41. The summed E-state index contributed by atoms with van der Waals surface area (Å²) in [5.41, 5.74) is 0. The molecular formula is C28H49FO2. The highest BCUT2D eigenvalue weighted by Gasteiger charge is 2.37. The van der Waals surface area contributed by atoms with E-state index in [-0.39, 0.29) is 13.0 Å². The van der Waals surface area contributed by atoms with Crippen molar-refractivity contribution in [3.63, 3.8) is 0 Å². The summed E-state index contributed by atoms with van der Waals surface area (Å²) in [6.45, 7) is 4.07. The molecule has 3 heteroatoms. The first-order valence-electron chi connectivity index (χ1n) is 14.1. The Labute approximate surface area is 191 Å². The van der Waals surface area contributed by atoms with Crippen molar-refractivity contribution in [2.45, 2.75) is 116 Å². The van der Waals surface area contributed by atoms with Crippen molar-refractivity contribution in [3.05, 3.63) is 0 Å². The maximum atomic E-state index is 12.9. The second-order valence-corrected chi connectivity index (χ2v) is 11.7. The predicted molar refractivity (Wildman–Crippen MR) is 126 cm³/mol. The molecule has 4 rings (SSSR count). The lowest BCUT2D eigenvalue weighted by Gasteiger charge is -2.42. The van der Waals surface area contributed by atoms with E-state index in [0.29, 0.717) is 17.8 Å². The van der Waals surface area contributed by atoms with Crippen LogP contribution in [0.5, 0.6) is 0 Å². The van der Waals surface area contributed by atoms with Crippen LogP contribution in [0.4, 0.5) is 4.39 Å². The van der Waals surface area contributed by atoms with Crippen LogP contribution in [-0.4, -0.2) is 26.2 Å². The summed E-state index contributed by atoms with van der Waals surface area (Å²) in [5.74, 6) is 5.16. The molecule has 0 radical (unpaired) electrons. The van der Waals surface area contributed by atoms with Gasteiger partial charge in [-0.2, -0.15) is 0 Å². The molecule has 1 saturated heterocycles. The van der Waals surface area contributed by atoms with Crippen molar-refractivity contribution in [2.24, 2.45) is 41.4 Å². The fraction of sp³-hybridized carbons (Fsp3) is 1.00. The largest absolute Gasteiger partial charge is 0.352 e. The summed E-state index contributed by atoms with van der Waals surface area (Å²) in [6, 6.07) is 0. The number of hydrogen-bond acceptors (Lipinski definition) is 2. The van der Waals surface area contributed by atoms with E-state index in [1.807, 2.05) is 0 Å². The fourth-order valence-electron chi connectivity index (χ4n) is 7.41. The van der Waals surface area contributed by atoms with Gasteiger partial charge in [-0.05, 0) is 93.8 Å². The quantitative estimate of drug-likeness (QED) is 0.359. The zero-order valence-electron chi connectivity index (χ0n) is 20.2. The summed E-state index contributed by atoms with van der Waals surface area (Å²) >= 11 is 0. The monoisotopic (exact) mass is 436 g/mol. The molecule has 2 nitrogen and oxygen atoms in total. The van der Waals surface area contributed by atoms with Crippen LogP contribution in [0, 0.1) is 41.4 Å². The average molecular weight is 437 g/mol. The Morgan fingerprint density at radius 1 is 0.581 bits per heavy atom. The van der Waals surface area contributed by atoms with Crippen LogP contribution in [-0.2, 0) is 9.47 Å². The zero-order valence-corrected chi connectivity index (χ0v) is 20.2. The van der Waals surface area contributed by atoms with Crippen LogP contribution in [0.3, 0.4) is 0 Å². The van der Waals surface area contributed by atoms with Crippen LogP contribution < -0.4 is 0 Å². The van der Waals surface area contributed by atoms with Crippen LogP contribution in [0.2, 0.25) is 0 Å². The number of alkyl halides is 1. The Kier molecular flexibility index (Phi) is 9.56. The predicted octanol–water partition coefficient (Wildman–Crippen LogP) is 7.94. The third-order valence-electron chi connectivity index (χ3n) is 9.70. The van der Waals surface area contributed by atoms with Crippen molar-refractivity contribution >= 4 is 0 Å². The van der Waals surface area contributed by atoms with E-state index in [0.717, 1.165) is 49.7 Å². The molecule has 4 aliphatic rings. The van der Waals surface area contributed by atoms with Crippen LogP contribution in [0.1, 0.15) is 110 Å². The molecule has 0 amide bonds. The van der Waals surface area contributed by atoms with Gasteiger partial charge in [0, 0.05) is 11.8 Å². The van der Waals surface area contributed by atoms with E-state index in [1.165, 1.54) is 89.9 Å². The zero-order chi connectivity index (χ0) is 21.5. The van der Waals surface area contributed by atoms with Crippen molar-refractivity contribution in [3.8, 4) is 0 Å². The van der Waals surface area contributed by atoms with Gasteiger partial charge in [-0.15, -0.1) is 0 Å². The Hall–Kier alpha value is -0.150. The molecule has 0 aromatic rings. The second-order valence-electron chi connectivity index (χ2n) is 11.7. The topological polar surface area (TPSA) is 18.5 Å². The van der Waals surface area contributed by atoms with Gasteiger partial charge >= 0.3 is 0 Å². The number of unbranched alkanes of at least 4 members (excludes halogenated alkanes) is 2. The lowest BCUT2D eigenvalue weighted by Crippen LogP contribution is -2.42. The van der Waals surface area contributed by atoms with Gasteiger partial charge in [0.05, 0.1) is 19.9 Å². The van der Waals surface area contributed by atoms with E-state index < -0.39 is 0 Å². The van der Waals surface area contributed by atoms with Gasteiger partial charge in [-0.25, -0.2) is 0 Å². The maximum absolute atomic E-state index is 12.9. The van der Waals surface area contributed by atoms with Gasteiger partial charge in [0.15, 0.2) is 6.29 Å². The van der Waals surface area contributed by atoms with Crippen molar-refractivity contribution < 1.29 is 13.9 Å². The van der Waals surface area contributed by atoms with E-state index >= 15 is 0 Å². The van der Waals surface area contributed by atoms with E-state index in [9.17, 15) is 4.39 Å². The van der Waals surface area contributed by atoms with Gasteiger partial charge in [0.2, 0.25) is 0 Å². The van der Waals surface area contributed by atoms with E-state index in [4.69, 9.17) is 9.47 Å². The Morgan fingerprint density at radius 3 is 1.61 bits per heavy atom. The Morgan fingerprint density at radius 2 is 1.06 bits per heavy atom. The highest BCUT2D eigenvalue weighted by atomic mass is 19.1. The highest BCUT2D eigenvalue weighted by molar-refractivity contribution is 4.85. The van der Waals surface area contributed by atoms with Gasteiger partial charge in [-0.1, -0.05) is 45.4 Å². The molecular weight excluding hydrogens is 387 g/mol. The Balaban J connectivity index is 1.11. The molecule has 0 bridgehead atoms. The number of hydrogen-bond donors (Lipinski definition) is 0. The molecule has 3 aliphatic carbocycles. The van der Waals surface area contributed by atoms with Gasteiger partial charge in [0.1, 0.15) is 0 Å². The molecule has 0 aromatic heterocycles. The molecule has 31 heavy (non-hydrogen) atoms. The van der Waals surface area contributed by atoms with Crippen LogP contribution in [0.25, 0.3) is 0 Å². The first-order valence-corrected chi connectivity index (χ1v) is 14.1. The SMILES string of the molecule is CCCCCC1CCC(C2COC(C3CCC(C4CCC(CF)CC4)CC3)OC2)CC1. The van der Waals surface area contributed by atoms with E-state index in [2.05, 4.69) is 6.92 Å². The third-order valence-corrected chi connectivity index (χ3v) is 9.70.